The maximum atomic E-state index is 12.7. The second-order valence-corrected chi connectivity index (χ2v) is 7.61. The number of benzene rings is 2. The smallest absolute Gasteiger partial charge is 0.274 e. The molecule has 0 unspecified atom stereocenters. The first-order chi connectivity index (χ1) is 16.0. The van der Waals surface area contributed by atoms with E-state index in [1.807, 2.05) is 20.8 Å². The van der Waals surface area contributed by atoms with E-state index in [0.717, 1.165) is 0 Å². The summed E-state index contributed by atoms with van der Waals surface area (Å²) in [6.07, 6.45) is 1.59. The first-order valence-electron chi connectivity index (χ1n) is 10.7. The fraction of sp³-hybridized carbons (Fsp3) is 0.250. The number of hydrogen-bond donors (Lipinski definition) is 1. The molecule has 4 aromatic rings. The van der Waals surface area contributed by atoms with E-state index in [4.69, 9.17) is 9.47 Å². The molecule has 1 N–H and O–H groups in total. The highest BCUT2D eigenvalue weighted by atomic mass is 16.5. The van der Waals surface area contributed by atoms with Crippen molar-refractivity contribution in [3.63, 3.8) is 0 Å². The molecule has 0 aliphatic heterocycles. The van der Waals surface area contributed by atoms with Crippen LogP contribution in [0.4, 0.5) is 5.69 Å². The highest BCUT2D eigenvalue weighted by Gasteiger charge is 2.13. The Hall–Kier alpha value is -4.14. The minimum absolute atomic E-state index is 0.0518. The zero-order valence-electron chi connectivity index (χ0n) is 18.7. The third-order valence-corrected chi connectivity index (χ3v) is 4.92. The van der Waals surface area contributed by atoms with Gasteiger partial charge in [0.05, 0.1) is 18.0 Å². The van der Waals surface area contributed by atoms with Crippen molar-refractivity contribution >= 4 is 17.4 Å². The molecule has 4 rings (SSSR count). The van der Waals surface area contributed by atoms with Crippen LogP contribution in [0.25, 0.3) is 5.78 Å². The Labute approximate surface area is 190 Å². The highest BCUT2D eigenvalue weighted by Crippen LogP contribution is 2.25. The number of amides is 1. The van der Waals surface area contributed by atoms with E-state index in [-0.39, 0.29) is 24.1 Å². The molecule has 0 aliphatic carbocycles. The summed E-state index contributed by atoms with van der Waals surface area (Å²) < 4.78 is 14.5. The number of carbonyl (C=O) groups is 1. The molecule has 0 radical (unpaired) electrons. The van der Waals surface area contributed by atoms with Crippen LogP contribution in [0.2, 0.25) is 0 Å². The number of fused-ring (bicyclic) bond motifs is 1. The molecule has 9 nitrogen and oxygen atoms in total. The number of carbonyl (C=O) groups excluding carboxylic acids is 1. The van der Waals surface area contributed by atoms with Crippen molar-refractivity contribution in [3.8, 4) is 11.5 Å². The summed E-state index contributed by atoms with van der Waals surface area (Å²) in [5, 5.41) is 2.86. The summed E-state index contributed by atoms with van der Waals surface area (Å²) in [4.78, 5) is 33.9. The lowest BCUT2D eigenvalue weighted by atomic mass is 10.2. The Bertz CT molecular complexity index is 1320. The SMILES string of the molecule is CCOc1ccc(C(=O)Nc2ccccc2OCc2cc(=O)n3c(ncn3C(C)C)n2)cc1. The molecule has 2 aromatic carbocycles. The number of anilines is 1. The Morgan fingerprint density at radius 1 is 1.09 bits per heavy atom. The lowest BCUT2D eigenvalue weighted by Gasteiger charge is -2.13. The fourth-order valence-corrected chi connectivity index (χ4v) is 3.32. The van der Waals surface area contributed by atoms with Crippen LogP contribution in [-0.4, -0.2) is 31.7 Å². The number of nitrogens with zero attached hydrogens (tertiary/aromatic N) is 4. The van der Waals surface area contributed by atoms with Gasteiger partial charge in [-0.25, -0.2) is 4.98 Å². The average molecular weight is 447 g/mol. The van der Waals surface area contributed by atoms with Crippen LogP contribution in [0.1, 0.15) is 42.9 Å². The van der Waals surface area contributed by atoms with Crippen molar-refractivity contribution in [2.24, 2.45) is 0 Å². The van der Waals surface area contributed by atoms with Gasteiger partial charge in [-0.1, -0.05) is 12.1 Å². The van der Waals surface area contributed by atoms with Crippen LogP contribution >= 0.6 is 0 Å². The van der Waals surface area contributed by atoms with Gasteiger partial charge in [0.15, 0.2) is 0 Å². The topological polar surface area (TPSA) is 99.7 Å². The zero-order valence-corrected chi connectivity index (χ0v) is 18.7. The van der Waals surface area contributed by atoms with E-state index >= 15 is 0 Å². The van der Waals surface area contributed by atoms with E-state index in [1.54, 1.807) is 59.5 Å². The lowest BCUT2D eigenvalue weighted by molar-refractivity contribution is 0.102. The van der Waals surface area contributed by atoms with Gasteiger partial charge in [0.25, 0.3) is 17.2 Å². The molecule has 9 heteroatoms. The van der Waals surface area contributed by atoms with Gasteiger partial charge in [-0.05, 0) is 57.2 Å². The molecule has 33 heavy (non-hydrogen) atoms. The molecule has 0 saturated carbocycles. The average Bonchev–Trinajstić information content (AvgIpc) is 3.24. The summed E-state index contributed by atoms with van der Waals surface area (Å²) in [6, 6.07) is 15.5. The molecule has 1 amide bonds. The minimum Gasteiger partial charge on any atom is -0.494 e. The molecule has 2 aromatic heterocycles. The maximum Gasteiger partial charge on any atom is 0.274 e. The molecule has 0 spiro atoms. The third-order valence-electron chi connectivity index (χ3n) is 4.92. The van der Waals surface area contributed by atoms with Crippen LogP contribution in [0.5, 0.6) is 11.5 Å². The first-order valence-corrected chi connectivity index (χ1v) is 10.7. The van der Waals surface area contributed by atoms with Crippen molar-refractivity contribution in [2.75, 3.05) is 11.9 Å². The number of para-hydroxylation sites is 2. The Morgan fingerprint density at radius 3 is 2.58 bits per heavy atom. The standard InChI is InChI=1S/C24H25N5O4/c1-4-32-19-11-9-17(10-12-19)23(31)27-20-7-5-6-8-21(20)33-14-18-13-22(30)29-24(26-18)25-15-28(29)16(2)3/h5-13,15-16H,4,14H2,1-3H3,(H,27,31). The Morgan fingerprint density at radius 2 is 1.85 bits per heavy atom. The summed E-state index contributed by atoms with van der Waals surface area (Å²) in [7, 11) is 0. The second kappa shape index (κ2) is 9.56. The van der Waals surface area contributed by atoms with Crippen molar-refractivity contribution in [3.05, 3.63) is 82.5 Å². The Kier molecular flexibility index (Phi) is 6.39. The summed E-state index contributed by atoms with van der Waals surface area (Å²) in [6.45, 7) is 6.44. The van der Waals surface area contributed by atoms with Crippen LogP contribution in [0.15, 0.2) is 65.7 Å². The third kappa shape index (κ3) is 4.87. The van der Waals surface area contributed by atoms with Gasteiger partial charge in [-0.2, -0.15) is 9.50 Å². The van der Waals surface area contributed by atoms with E-state index in [2.05, 4.69) is 15.3 Å². The fourth-order valence-electron chi connectivity index (χ4n) is 3.32. The quantitative estimate of drug-likeness (QED) is 0.442. The molecular formula is C24H25N5O4. The molecule has 2 heterocycles. The van der Waals surface area contributed by atoms with Crippen LogP contribution in [-0.2, 0) is 6.61 Å². The normalized spacial score (nSPS) is 11.0. The summed E-state index contributed by atoms with van der Waals surface area (Å²) in [5.74, 6) is 1.21. The van der Waals surface area contributed by atoms with Crippen LogP contribution in [0, 0.1) is 0 Å². The zero-order chi connectivity index (χ0) is 23.4. The second-order valence-electron chi connectivity index (χ2n) is 7.61. The largest absolute Gasteiger partial charge is 0.494 e. The van der Waals surface area contributed by atoms with Gasteiger partial charge in [0.1, 0.15) is 24.4 Å². The lowest BCUT2D eigenvalue weighted by Crippen LogP contribution is -2.23. The minimum atomic E-state index is -0.272. The van der Waals surface area contributed by atoms with E-state index < -0.39 is 0 Å². The predicted octanol–water partition coefficient (Wildman–Crippen LogP) is 3.70. The first kappa shape index (κ1) is 22.1. The molecular weight excluding hydrogens is 422 g/mol. The Balaban J connectivity index is 1.49. The van der Waals surface area contributed by atoms with E-state index in [1.165, 1.54) is 10.6 Å². The number of rotatable bonds is 8. The van der Waals surface area contributed by atoms with Crippen molar-refractivity contribution in [1.82, 2.24) is 19.2 Å². The molecule has 0 saturated heterocycles. The van der Waals surface area contributed by atoms with Gasteiger partial charge >= 0.3 is 0 Å². The molecule has 0 fully saturated rings. The van der Waals surface area contributed by atoms with Gasteiger partial charge in [0.2, 0.25) is 0 Å². The summed E-state index contributed by atoms with van der Waals surface area (Å²) in [5.41, 5.74) is 1.22. The summed E-state index contributed by atoms with van der Waals surface area (Å²) >= 11 is 0. The molecule has 0 bridgehead atoms. The maximum absolute atomic E-state index is 12.7. The van der Waals surface area contributed by atoms with Gasteiger partial charge in [0, 0.05) is 17.7 Å². The molecule has 170 valence electrons. The van der Waals surface area contributed by atoms with E-state index in [0.29, 0.717) is 40.8 Å². The number of hydrogen-bond acceptors (Lipinski definition) is 6. The van der Waals surface area contributed by atoms with Gasteiger partial charge in [-0.3, -0.25) is 14.3 Å². The molecule has 0 atom stereocenters. The predicted molar refractivity (Wildman–Crippen MR) is 124 cm³/mol. The number of nitrogens with one attached hydrogen (secondary N) is 1. The van der Waals surface area contributed by atoms with Crippen molar-refractivity contribution in [1.29, 1.82) is 0 Å². The van der Waals surface area contributed by atoms with Crippen LogP contribution in [0.3, 0.4) is 0 Å². The van der Waals surface area contributed by atoms with Crippen LogP contribution < -0.4 is 20.3 Å². The molecule has 0 aliphatic rings. The van der Waals surface area contributed by atoms with Gasteiger partial charge < -0.3 is 14.8 Å². The van der Waals surface area contributed by atoms with Crippen molar-refractivity contribution in [2.45, 2.75) is 33.4 Å². The number of ether oxygens (including phenoxy) is 2. The monoisotopic (exact) mass is 447 g/mol. The highest BCUT2D eigenvalue weighted by molar-refractivity contribution is 6.05. The van der Waals surface area contributed by atoms with Crippen molar-refractivity contribution < 1.29 is 14.3 Å². The van der Waals surface area contributed by atoms with Gasteiger partial charge in [-0.15, -0.1) is 0 Å². The number of aromatic nitrogens is 4. The van der Waals surface area contributed by atoms with E-state index in [9.17, 15) is 9.59 Å².